The fourth-order valence-electron chi connectivity index (χ4n) is 11.2. The number of carbonyl (C=O) groups excluding carboxylic acids is 5. The number of amides is 1. The maximum absolute atomic E-state index is 14.6. The summed E-state index contributed by atoms with van der Waals surface area (Å²) in [6, 6.07) is -1.18. The second kappa shape index (κ2) is 29.1. The third kappa shape index (κ3) is 17.9. The molecule has 0 spiro atoms. The Hall–Kier alpha value is -3.22. The fraction of sp³-hybridized carbons (Fsp3) is 0.772. The first-order valence-electron chi connectivity index (χ1n) is 27.5. The van der Waals surface area contributed by atoms with E-state index >= 15 is 0 Å². The zero-order chi connectivity index (χ0) is 55.2. The minimum Gasteiger partial charge on any atom is -0.460 e. The van der Waals surface area contributed by atoms with Crippen LogP contribution in [0.25, 0.3) is 0 Å². The summed E-state index contributed by atoms with van der Waals surface area (Å²) >= 11 is 0. The fourth-order valence-corrected chi connectivity index (χ4v) is 12.1. The molecule has 424 valence electrons. The first-order chi connectivity index (χ1) is 35.5. The number of allylic oxidation sites excluding steroid dienone is 6. The van der Waals surface area contributed by atoms with Gasteiger partial charge in [-0.15, -0.1) is 0 Å². The van der Waals surface area contributed by atoms with E-state index in [-0.39, 0.29) is 80.0 Å². The van der Waals surface area contributed by atoms with Gasteiger partial charge in [-0.3, -0.25) is 23.7 Å². The molecule has 4 fully saturated rings. The van der Waals surface area contributed by atoms with Crippen LogP contribution in [0.15, 0.2) is 47.6 Å². The zero-order valence-corrected chi connectivity index (χ0v) is 47.5. The molecule has 1 amide bonds. The second-order valence-corrected chi connectivity index (χ2v) is 25.3. The van der Waals surface area contributed by atoms with Gasteiger partial charge in [-0.1, -0.05) is 71.1 Å². The summed E-state index contributed by atoms with van der Waals surface area (Å²) in [6.45, 7) is 17.5. The van der Waals surface area contributed by atoms with Gasteiger partial charge in [-0.25, -0.2) is 4.79 Å². The minimum atomic E-state index is -2.80. The Morgan fingerprint density at radius 2 is 1.57 bits per heavy atom. The Labute approximate surface area is 446 Å². The van der Waals surface area contributed by atoms with E-state index in [0.29, 0.717) is 76.8 Å². The van der Waals surface area contributed by atoms with Gasteiger partial charge in [0.25, 0.3) is 11.7 Å². The van der Waals surface area contributed by atoms with Crippen molar-refractivity contribution in [3.05, 3.63) is 47.6 Å². The van der Waals surface area contributed by atoms with E-state index in [1.165, 1.54) is 12.0 Å². The van der Waals surface area contributed by atoms with Gasteiger partial charge in [0, 0.05) is 64.7 Å². The van der Waals surface area contributed by atoms with Crippen LogP contribution in [0.4, 0.5) is 0 Å². The highest BCUT2D eigenvalue weighted by molar-refractivity contribution is 7.57. The number of aliphatic hydroxyl groups is 2. The van der Waals surface area contributed by atoms with E-state index < -0.39 is 85.1 Å². The van der Waals surface area contributed by atoms with Gasteiger partial charge in [0.05, 0.1) is 50.8 Å². The van der Waals surface area contributed by atoms with Crippen LogP contribution in [0.5, 0.6) is 0 Å². The van der Waals surface area contributed by atoms with Crippen molar-refractivity contribution in [2.24, 2.45) is 35.5 Å². The number of methoxy groups -OCH3 is 2. The van der Waals surface area contributed by atoms with Crippen LogP contribution < -0.4 is 0 Å². The molecule has 1 saturated carbocycles. The van der Waals surface area contributed by atoms with Crippen LogP contribution in [-0.4, -0.2) is 166 Å². The lowest BCUT2D eigenvalue weighted by Crippen LogP contribution is -2.61. The van der Waals surface area contributed by atoms with Gasteiger partial charge in [-0.2, -0.15) is 0 Å². The molecular weight excluding hydrogens is 986 g/mol. The molecule has 0 aromatic rings. The second-order valence-electron chi connectivity index (χ2n) is 22.6. The molecule has 5 aliphatic rings. The number of piperidine rings is 1. The lowest BCUT2D eigenvalue weighted by molar-refractivity contribution is -0.266. The molecule has 75 heavy (non-hydrogen) atoms. The highest BCUT2D eigenvalue weighted by atomic mass is 31.2. The molecule has 2 bridgehead atoms. The first-order valence-corrected chi connectivity index (χ1v) is 30.0. The van der Waals surface area contributed by atoms with Crippen LogP contribution >= 0.6 is 7.37 Å². The monoisotopic (exact) mass is 1080 g/mol. The molecule has 5 rings (SSSR count). The number of aliphatic hydroxyl groups excluding tert-OH is 1. The predicted molar refractivity (Wildman–Crippen MR) is 283 cm³/mol. The van der Waals surface area contributed by atoms with Crippen molar-refractivity contribution in [1.82, 2.24) is 4.90 Å². The Morgan fingerprint density at radius 1 is 0.853 bits per heavy atom. The lowest BCUT2D eigenvalue weighted by atomic mass is 9.78. The molecule has 4 aliphatic heterocycles. The average Bonchev–Trinajstić information content (AvgIpc) is 3.35. The summed E-state index contributed by atoms with van der Waals surface area (Å²) < 4.78 is 60.1. The standard InChI is InChI=1S/C57H90NO16P/c1-35-17-13-12-14-18-36(2)48(71-26-25-70-44-33-69-34-44)31-43-22-20-41(7)57(65,73-43)54(62)55(63)58-24-16-15-19-45(58)56(64)72-49(38(4)29-42-21-23-47(50(30-42)67-8)74-75(10,11)66)32-46(59)37(3)28-40(6)52(61)53(68-9)51(60)39(5)27-35/h12-14,17-18,28,35,37-39,41-45,47-50,52-53,61,65H,15-16,19-27,29-34H2,1-11H3/t35-,37-,38-,39-,41-,42+,43+,45+,47-,48+,49+,50-,52-,53+,57-/m1/s1. The summed E-state index contributed by atoms with van der Waals surface area (Å²) in [5.41, 5.74) is 1.23. The number of hydrogen-bond acceptors (Lipinski definition) is 16. The minimum absolute atomic E-state index is 0.0111. The topological polar surface area (TPSA) is 220 Å². The van der Waals surface area contributed by atoms with Gasteiger partial charge in [0.1, 0.15) is 36.2 Å². The molecule has 1 aliphatic carbocycles. The van der Waals surface area contributed by atoms with E-state index in [1.54, 1.807) is 47.3 Å². The average molecular weight is 1080 g/mol. The van der Waals surface area contributed by atoms with Crippen LogP contribution in [0, 0.1) is 35.5 Å². The Balaban J connectivity index is 1.46. The maximum Gasteiger partial charge on any atom is 0.329 e. The van der Waals surface area contributed by atoms with E-state index in [4.69, 9.17) is 37.7 Å². The maximum atomic E-state index is 14.6. The number of fused-ring (bicyclic) bond motifs is 3. The number of hydrogen-bond donors (Lipinski definition) is 2. The summed E-state index contributed by atoms with van der Waals surface area (Å²) in [7, 11) is 0.172. The highest BCUT2D eigenvalue weighted by Crippen LogP contribution is 2.45. The zero-order valence-electron chi connectivity index (χ0n) is 46.6. The Bertz CT molecular complexity index is 2100. The SMILES string of the molecule is CO[C@@H]1C[C@H](C[C@@H](C)[C@@H]2CC(=O)[C@H](C)C=C(C)[C@@H](O)[C@@H](OC)C(=O)[C@H](C)C[C@H](C)C=CC=CC=C(C)[C@@H](OCCOC3COC3)C[C@@H]3CC[C@@H](C)[C@@](O)(O3)C(=O)C(=O)N3CCCC[C@H]3C(=O)O2)CC[C@H]1OP(C)(C)=O. The third-order valence-electron chi connectivity index (χ3n) is 15.9. The Kier molecular flexibility index (Phi) is 24.3. The molecule has 2 N–H and O–H groups in total. The number of Topliss-reactive ketones (excluding diaryl/α,β-unsaturated/α-hetero) is 3. The van der Waals surface area contributed by atoms with Crippen LogP contribution in [0.2, 0.25) is 0 Å². The number of nitrogens with zero attached hydrogens (tertiary/aromatic N) is 1. The van der Waals surface area contributed by atoms with Crippen molar-refractivity contribution >= 4 is 36.6 Å². The summed E-state index contributed by atoms with van der Waals surface area (Å²) in [6.07, 6.45) is 11.0. The van der Waals surface area contributed by atoms with Crippen molar-refractivity contribution in [3.8, 4) is 0 Å². The number of carbonyl (C=O) groups is 5. The highest BCUT2D eigenvalue weighted by Gasteiger charge is 2.53. The number of ether oxygens (including phenoxy) is 7. The molecular formula is C57H90NO16P. The number of ketones is 3. The van der Waals surface area contributed by atoms with Crippen LogP contribution in [0.3, 0.4) is 0 Å². The van der Waals surface area contributed by atoms with Crippen molar-refractivity contribution in [2.75, 3.05) is 60.5 Å². The molecule has 0 unspecified atom stereocenters. The van der Waals surface area contributed by atoms with Crippen LogP contribution in [0.1, 0.15) is 126 Å². The molecule has 17 nitrogen and oxygen atoms in total. The van der Waals surface area contributed by atoms with Gasteiger partial charge >= 0.3 is 5.97 Å². The normalized spacial score (nSPS) is 35.8. The molecule has 0 radical (unpaired) electrons. The smallest absolute Gasteiger partial charge is 0.329 e. The van der Waals surface area contributed by atoms with E-state index in [9.17, 15) is 38.8 Å². The summed E-state index contributed by atoms with van der Waals surface area (Å²) in [4.78, 5) is 72.9. The van der Waals surface area contributed by atoms with Gasteiger partial charge in [0.2, 0.25) is 5.79 Å². The third-order valence-corrected chi connectivity index (χ3v) is 16.7. The summed E-state index contributed by atoms with van der Waals surface area (Å²) in [5, 5.41) is 23.7. The van der Waals surface area contributed by atoms with Gasteiger partial charge in [0.15, 0.2) is 13.2 Å². The van der Waals surface area contributed by atoms with Gasteiger partial charge < -0.3 is 52.8 Å². The van der Waals surface area contributed by atoms with Gasteiger partial charge in [-0.05, 0) is 107 Å². The lowest BCUT2D eigenvalue weighted by Gasteiger charge is -2.43. The largest absolute Gasteiger partial charge is 0.460 e. The molecule has 18 heteroatoms. The molecule has 0 aromatic heterocycles. The van der Waals surface area contributed by atoms with Crippen LogP contribution in [-0.2, 0) is 66.2 Å². The molecule has 3 saturated heterocycles. The Morgan fingerprint density at radius 3 is 2.24 bits per heavy atom. The quantitative estimate of drug-likeness (QED) is 0.0634. The first kappa shape index (κ1) is 62.6. The predicted octanol–water partition coefficient (Wildman–Crippen LogP) is 7.53. The van der Waals surface area contributed by atoms with Crippen molar-refractivity contribution in [3.63, 3.8) is 0 Å². The van der Waals surface area contributed by atoms with E-state index in [2.05, 4.69) is 0 Å². The van der Waals surface area contributed by atoms with Crippen molar-refractivity contribution in [2.45, 2.75) is 186 Å². The number of cyclic esters (lactones) is 1. The van der Waals surface area contributed by atoms with E-state index in [1.807, 2.05) is 58.1 Å². The number of esters is 1. The number of rotatable bonds is 12. The van der Waals surface area contributed by atoms with E-state index in [0.717, 1.165) is 12.0 Å². The molecule has 15 atom stereocenters. The molecule has 4 heterocycles. The molecule has 0 aromatic carbocycles. The van der Waals surface area contributed by atoms with Crippen molar-refractivity contribution < 1.29 is 76.4 Å². The summed E-state index contributed by atoms with van der Waals surface area (Å²) in [5.74, 6) is -8.30. The van der Waals surface area contributed by atoms with Crippen molar-refractivity contribution in [1.29, 1.82) is 0 Å².